The summed E-state index contributed by atoms with van der Waals surface area (Å²) in [6.07, 6.45) is 3.81. The lowest BCUT2D eigenvalue weighted by Crippen LogP contribution is -2.27. The SMILES string of the molecule is C.CC.CN(C)C(=O)COc1cccc(-c2nc(NC3=CCN=C3)c3sccc3n2)c1. The van der Waals surface area contributed by atoms with Crippen LogP contribution in [0.4, 0.5) is 5.82 Å². The van der Waals surface area contributed by atoms with Crippen LogP contribution in [0.3, 0.4) is 0 Å². The van der Waals surface area contributed by atoms with Crippen LogP contribution in [-0.4, -0.2) is 54.2 Å². The van der Waals surface area contributed by atoms with Crippen molar-refractivity contribution in [3.05, 3.63) is 47.5 Å². The minimum absolute atomic E-state index is 0. The second kappa shape index (κ2) is 11.2. The fourth-order valence-electron chi connectivity index (χ4n) is 2.65. The van der Waals surface area contributed by atoms with E-state index in [-0.39, 0.29) is 19.9 Å². The standard InChI is InChI=1S/C20H19N5O2S.C2H6.CH4/c1-25(2)17(26)12-27-15-5-3-4-13(10-15)19-23-16-7-9-28-18(16)20(24-19)22-14-6-8-21-11-14;1-2;/h3-7,9-11H,8,12H2,1-2H3,(H,22,23,24);1-2H3;1H4. The lowest BCUT2D eigenvalue weighted by atomic mass is 10.2. The number of nitrogens with zero attached hydrogens (tertiary/aromatic N) is 4. The van der Waals surface area contributed by atoms with Crippen LogP contribution >= 0.6 is 11.3 Å². The van der Waals surface area contributed by atoms with Gasteiger partial charge in [0.15, 0.2) is 18.2 Å². The molecule has 1 amide bonds. The van der Waals surface area contributed by atoms with E-state index >= 15 is 0 Å². The van der Waals surface area contributed by atoms with E-state index in [1.807, 2.05) is 55.6 Å². The highest BCUT2D eigenvalue weighted by atomic mass is 32.1. The highest BCUT2D eigenvalue weighted by Gasteiger charge is 2.13. The highest BCUT2D eigenvalue weighted by Crippen LogP contribution is 2.31. The smallest absolute Gasteiger partial charge is 0.259 e. The van der Waals surface area contributed by atoms with Crippen molar-refractivity contribution in [2.24, 2.45) is 4.99 Å². The largest absolute Gasteiger partial charge is 0.484 e. The lowest BCUT2D eigenvalue weighted by Gasteiger charge is -2.12. The molecule has 0 spiro atoms. The Bertz CT molecular complexity index is 1090. The van der Waals surface area contributed by atoms with Gasteiger partial charge in [0.25, 0.3) is 5.91 Å². The van der Waals surface area contributed by atoms with Gasteiger partial charge in [-0.05, 0) is 29.7 Å². The van der Waals surface area contributed by atoms with Crippen LogP contribution in [0.15, 0.2) is 52.5 Å². The predicted molar refractivity (Wildman–Crippen MR) is 130 cm³/mol. The molecule has 0 radical (unpaired) electrons. The third kappa shape index (κ3) is 5.88. The number of carbonyl (C=O) groups is 1. The van der Waals surface area contributed by atoms with Crippen molar-refractivity contribution in [2.75, 3.05) is 32.6 Å². The monoisotopic (exact) mass is 439 g/mol. The molecular formula is C23H29N5O2S. The van der Waals surface area contributed by atoms with Crippen LogP contribution in [-0.2, 0) is 4.79 Å². The minimum atomic E-state index is -0.0978. The van der Waals surface area contributed by atoms with Crippen molar-refractivity contribution < 1.29 is 9.53 Å². The van der Waals surface area contributed by atoms with E-state index in [1.54, 1.807) is 31.6 Å². The number of aromatic nitrogens is 2. The number of hydrogen-bond acceptors (Lipinski definition) is 7. The summed E-state index contributed by atoms with van der Waals surface area (Å²) in [4.78, 5) is 26.9. The first-order valence-corrected chi connectivity index (χ1v) is 10.6. The van der Waals surface area contributed by atoms with Crippen LogP contribution in [0, 0.1) is 0 Å². The van der Waals surface area contributed by atoms with Crippen LogP contribution < -0.4 is 10.1 Å². The van der Waals surface area contributed by atoms with Crippen molar-refractivity contribution in [3.63, 3.8) is 0 Å². The molecule has 3 heterocycles. The number of hydrogen-bond donors (Lipinski definition) is 1. The molecular weight excluding hydrogens is 410 g/mol. The summed E-state index contributed by atoms with van der Waals surface area (Å²) in [6, 6.07) is 9.42. The zero-order valence-electron chi connectivity index (χ0n) is 17.5. The van der Waals surface area contributed by atoms with Gasteiger partial charge in [0.05, 0.1) is 22.5 Å². The number of amides is 1. The second-order valence-electron chi connectivity index (χ2n) is 6.41. The zero-order valence-corrected chi connectivity index (χ0v) is 18.4. The predicted octanol–water partition coefficient (Wildman–Crippen LogP) is 4.87. The van der Waals surface area contributed by atoms with Crippen LogP contribution in [0.25, 0.3) is 21.6 Å². The summed E-state index contributed by atoms with van der Waals surface area (Å²) < 4.78 is 6.61. The molecule has 1 N–H and O–H groups in total. The Morgan fingerprint density at radius 2 is 2.03 bits per heavy atom. The van der Waals surface area contributed by atoms with E-state index in [2.05, 4.69) is 15.3 Å². The average Bonchev–Trinajstić information content (AvgIpc) is 3.45. The lowest BCUT2D eigenvalue weighted by molar-refractivity contribution is -0.130. The zero-order chi connectivity index (χ0) is 21.5. The van der Waals surface area contributed by atoms with Crippen molar-refractivity contribution in [1.29, 1.82) is 0 Å². The summed E-state index contributed by atoms with van der Waals surface area (Å²) in [7, 11) is 3.40. The van der Waals surface area contributed by atoms with Gasteiger partial charge in [0.1, 0.15) is 5.75 Å². The maximum Gasteiger partial charge on any atom is 0.259 e. The van der Waals surface area contributed by atoms with Gasteiger partial charge in [-0.2, -0.15) is 0 Å². The normalized spacial score (nSPS) is 11.8. The number of fused-ring (bicyclic) bond motifs is 1. The maximum atomic E-state index is 11.8. The molecule has 4 rings (SSSR count). The molecule has 0 unspecified atom stereocenters. The third-order valence-electron chi connectivity index (χ3n) is 4.17. The van der Waals surface area contributed by atoms with E-state index in [1.165, 1.54) is 4.90 Å². The molecule has 0 saturated heterocycles. The maximum absolute atomic E-state index is 11.8. The summed E-state index contributed by atoms with van der Waals surface area (Å²) in [5.41, 5.74) is 2.63. The molecule has 0 atom stereocenters. The van der Waals surface area contributed by atoms with Gasteiger partial charge in [0, 0.05) is 25.9 Å². The molecule has 8 heteroatoms. The Kier molecular flexibility index (Phi) is 8.69. The number of thiophene rings is 1. The number of carbonyl (C=O) groups excluding carboxylic acids is 1. The van der Waals surface area contributed by atoms with E-state index in [0.29, 0.717) is 18.1 Å². The van der Waals surface area contributed by atoms with E-state index in [4.69, 9.17) is 9.72 Å². The van der Waals surface area contributed by atoms with Gasteiger partial charge in [-0.15, -0.1) is 11.3 Å². The Hall–Kier alpha value is -3.26. The van der Waals surface area contributed by atoms with Crippen LogP contribution in [0.2, 0.25) is 0 Å². The molecule has 2 aromatic heterocycles. The molecule has 31 heavy (non-hydrogen) atoms. The fourth-order valence-corrected chi connectivity index (χ4v) is 3.43. The first kappa shape index (κ1) is 24.0. The van der Waals surface area contributed by atoms with Crippen LogP contribution in [0.1, 0.15) is 21.3 Å². The molecule has 3 aromatic rings. The Morgan fingerprint density at radius 1 is 1.23 bits per heavy atom. The first-order valence-electron chi connectivity index (χ1n) is 9.76. The number of allylic oxidation sites excluding steroid dienone is 1. The molecule has 0 saturated carbocycles. The van der Waals surface area contributed by atoms with Crippen molar-refractivity contribution in [2.45, 2.75) is 21.3 Å². The second-order valence-corrected chi connectivity index (χ2v) is 7.33. The number of benzene rings is 1. The quantitative estimate of drug-likeness (QED) is 0.593. The van der Waals surface area contributed by atoms with Gasteiger partial charge < -0.3 is 15.0 Å². The Labute approximate surface area is 187 Å². The van der Waals surface area contributed by atoms with E-state index in [9.17, 15) is 4.79 Å². The van der Waals surface area contributed by atoms with E-state index in [0.717, 1.165) is 27.3 Å². The minimum Gasteiger partial charge on any atom is -0.484 e. The molecule has 1 aliphatic rings. The summed E-state index contributed by atoms with van der Waals surface area (Å²) in [5, 5.41) is 5.33. The molecule has 0 aliphatic carbocycles. The molecule has 164 valence electrons. The van der Waals surface area contributed by atoms with Gasteiger partial charge in [-0.1, -0.05) is 33.4 Å². The average molecular weight is 440 g/mol. The third-order valence-corrected chi connectivity index (χ3v) is 5.08. The fraction of sp³-hybridized carbons (Fsp3) is 0.304. The number of aliphatic imine (C=N–C) groups is 1. The number of ether oxygens (including phenoxy) is 1. The topological polar surface area (TPSA) is 79.7 Å². The summed E-state index contributed by atoms with van der Waals surface area (Å²) in [5.74, 6) is 1.85. The summed E-state index contributed by atoms with van der Waals surface area (Å²) in [6.45, 7) is 4.67. The number of nitrogens with one attached hydrogen (secondary N) is 1. The Morgan fingerprint density at radius 3 is 2.74 bits per heavy atom. The number of rotatable bonds is 6. The molecule has 1 aromatic carbocycles. The molecule has 0 fully saturated rings. The van der Waals surface area contributed by atoms with Gasteiger partial charge in [-0.3, -0.25) is 9.79 Å². The van der Waals surface area contributed by atoms with Crippen molar-refractivity contribution in [3.8, 4) is 17.1 Å². The number of anilines is 1. The van der Waals surface area contributed by atoms with E-state index < -0.39 is 0 Å². The first-order chi connectivity index (χ1) is 14.6. The highest BCUT2D eigenvalue weighted by molar-refractivity contribution is 7.17. The summed E-state index contributed by atoms with van der Waals surface area (Å²) >= 11 is 1.59. The van der Waals surface area contributed by atoms with Gasteiger partial charge >= 0.3 is 0 Å². The molecule has 0 bridgehead atoms. The van der Waals surface area contributed by atoms with Crippen molar-refractivity contribution in [1.82, 2.24) is 14.9 Å². The van der Waals surface area contributed by atoms with Gasteiger partial charge in [-0.25, -0.2) is 9.97 Å². The van der Waals surface area contributed by atoms with Crippen LogP contribution in [0.5, 0.6) is 5.75 Å². The Balaban J connectivity index is 0.00000111. The molecule has 1 aliphatic heterocycles. The molecule has 7 nitrogen and oxygen atoms in total. The van der Waals surface area contributed by atoms with Crippen molar-refractivity contribution >= 4 is 39.5 Å². The van der Waals surface area contributed by atoms with Gasteiger partial charge in [0.2, 0.25) is 0 Å². The number of likely N-dealkylation sites (N-methyl/N-ethyl adjacent to an activating group) is 1.